The first kappa shape index (κ1) is 13.4. The Bertz CT molecular complexity index is 614. The molecule has 19 heavy (non-hydrogen) atoms. The molecule has 0 radical (unpaired) electrons. The molecule has 0 aliphatic carbocycles. The predicted molar refractivity (Wildman–Crippen MR) is 76.6 cm³/mol. The number of hydrogen-bond donors (Lipinski definition) is 1. The average Bonchev–Trinajstić information content (AvgIpc) is 2.38. The van der Waals surface area contributed by atoms with Crippen molar-refractivity contribution >= 4 is 23.0 Å². The first-order valence-electron chi connectivity index (χ1n) is 5.80. The van der Waals surface area contributed by atoms with Gasteiger partial charge < -0.3 is 5.32 Å². The van der Waals surface area contributed by atoms with E-state index in [1.807, 2.05) is 25.1 Å². The van der Waals surface area contributed by atoms with Crippen LogP contribution in [-0.2, 0) is 6.54 Å². The van der Waals surface area contributed by atoms with Gasteiger partial charge in [-0.2, -0.15) is 0 Å². The first-order valence-corrected chi connectivity index (χ1v) is 6.18. The zero-order valence-corrected chi connectivity index (χ0v) is 11.1. The number of anilines is 1. The van der Waals surface area contributed by atoms with Crippen LogP contribution in [0.15, 0.2) is 42.5 Å². The Morgan fingerprint density at radius 3 is 2.68 bits per heavy atom. The molecule has 0 saturated heterocycles. The summed E-state index contributed by atoms with van der Waals surface area (Å²) in [5, 5.41) is 14.6. The van der Waals surface area contributed by atoms with Crippen molar-refractivity contribution in [1.82, 2.24) is 0 Å². The summed E-state index contributed by atoms with van der Waals surface area (Å²) in [6.07, 6.45) is 0. The lowest BCUT2D eigenvalue weighted by molar-refractivity contribution is -0.385. The number of halogens is 1. The second-order valence-corrected chi connectivity index (χ2v) is 4.63. The lowest BCUT2D eigenvalue weighted by Crippen LogP contribution is -2.03. The predicted octanol–water partition coefficient (Wildman–Crippen LogP) is 4.17. The largest absolute Gasteiger partial charge is 0.379 e. The molecule has 2 aromatic carbocycles. The van der Waals surface area contributed by atoms with E-state index in [9.17, 15) is 10.1 Å². The summed E-state index contributed by atoms with van der Waals surface area (Å²) >= 11 is 6.10. The lowest BCUT2D eigenvalue weighted by Gasteiger charge is -2.09. The van der Waals surface area contributed by atoms with E-state index in [0.717, 1.165) is 11.3 Å². The molecule has 0 amide bonds. The summed E-state index contributed by atoms with van der Waals surface area (Å²) in [7, 11) is 0. The fraction of sp³-hybridized carbons (Fsp3) is 0.143. The highest BCUT2D eigenvalue weighted by Crippen LogP contribution is 2.25. The monoisotopic (exact) mass is 276 g/mol. The van der Waals surface area contributed by atoms with Gasteiger partial charge in [0.05, 0.1) is 15.6 Å². The van der Waals surface area contributed by atoms with E-state index >= 15 is 0 Å². The third kappa shape index (κ3) is 3.23. The number of para-hydroxylation sites is 1. The van der Waals surface area contributed by atoms with Crippen LogP contribution in [0.5, 0.6) is 0 Å². The normalized spacial score (nSPS) is 10.2. The number of hydrogen-bond acceptors (Lipinski definition) is 3. The fourth-order valence-corrected chi connectivity index (χ4v) is 2.09. The van der Waals surface area contributed by atoms with Gasteiger partial charge >= 0.3 is 0 Å². The standard InChI is InChI=1S/C14H13ClN2O2/c1-10-6-7-13(12(15)8-10)16-9-11-4-2-3-5-14(11)17(18)19/h2-8,16H,9H2,1H3. The van der Waals surface area contributed by atoms with Crippen LogP contribution >= 0.6 is 11.6 Å². The molecule has 0 unspecified atom stereocenters. The van der Waals surface area contributed by atoms with Crippen LogP contribution in [0.25, 0.3) is 0 Å². The van der Waals surface area contributed by atoms with Crippen molar-refractivity contribution in [3.63, 3.8) is 0 Å². The molecule has 98 valence electrons. The molecule has 2 aromatic rings. The Labute approximate surface area is 116 Å². The Morgan fingerprint density at radius 1 is 1.26 bits per heavy atom. The molecule has 0 aliphatic heterocycles. The second-order valence-electron chi connectivity index (χ2n) is 4.22. The maximum absolute atomic E-state index is 10.9. The van der Waals surface area contributed by atoms with Gasteiger partial charge in [-0.25, -0.2) is 0 Å². The van der Waals surface area contributed by atoms with Gasteiger partial charge in [0, 0.05) is 18.2 Å². The van der Waals surface area contributed by atoms with Crippen LogP contribution in [-0.4, -0.2) is 4.92 Å². The molecular formula is C14H13ClN2O2. The number of aryl methyl sites for hydroxylation is 1. The molecule has 0 saturated carbocycles. The van der Waals surface area contributed by atoms with Crippen molar-refractivity contribution in [2.24, 2.45) is 0 Å². The Morgan fingerprint density at radius 2 is 2.00 bits per heavy atom. The number of nitro benzene ring substituents is 1. The van der Waals surface area contributed by atoms with E-state index in [-0.39, 0.29) is 10.6 Å². The maximum atomic E-state index is 10.9. The van der Waals surface area contributed by atoms with Gasteiger partial charge in [-0.3, -0.25) is 10.1 Å². The van der Waals surface area contributed by atoms with Crippen LogP contribution in [0.4, 0.5) is 11.4 Å². The van der Waals surface area contributed by atoms with Gasteiger partial charge in [-0.05, 0) is 24.6 Å². The summed E-state index contributed by atoms with van der Waals surface area (Å²) < 4.78 is 0. The molecule has 0 aliphatic rings. The Hall–Kier alpha value is -2.07. The van der Waals surface area contributed by atoms with Crippen LogP contribution in [0, 0.1) is 17.0 Å². The molecule has 0 fully saturated rings. The van der Waals surface area contributed by atoms with Crippen molar-refractivity contribution in [3.05, 3.63) is 68.7 Å². The summed E-state index contributed by atoms with van der Waals surface area (Å²) in [6, 6.07) is 12.3. The topological polar surface area (TPSA) is 55.2 Å². The number of benzene rings is 2. The van der Waals surface area contributed by atoms with Gasteiger partial charge in [0.15, 0.2) is 0 Å². The molecule has 0 aromatic heterocycles. The van der Waals surface area contributed by atoms with Gasteiger partial charge in [0.25, 0.3) is 5.69 Å². The highest BCUT2D eigenvalue weighted by atomic mass is 35.5. The molecule has 0 bridgehead atoms. The summed E-state index contributed by atoms with van der Waals surface area (Å²) in [4.78, 5) is 10.5. The highest BCUT2D eigenvalue weighted by Gasteiger charge is 2.12. The summed E-state index contributed by atoms with van der Waals surface area (Å²) in [6.45, 7) is 2.32. The van der Waals surface area contributed by atoms with Crippen molar-refractivity contribution < 1.29 is 4.92 Å². The molecule has 2 rings (SSSR count). The fourth-order valence-electron chi connectivity index (χ4n) is 1.79. The van der Waals surface area contributed by atoms with E-state index in [2.05, 4.69) is 5.32 Å². The molecule has 5 heteroatoms. The maximum Gasteiger partial charge on any atom is 0.274 e. The van der Waals surface area contributed by atoms with Gasteiger partial charge in [0.2, 0.25) is 0 Å². The third-order valence-corrected chi connectivity index (χ3v) is 3.09. The van der Waals surface area contributed by atoms with Gasteiger partial charge in [-0.1, -0.05) is 35.9 Å². The van der Waals surface area contributed by atoms with Crippen LogP contribution < -0.4 is 5.32 Å². The molecule has 0 spiro atoms. The van der Waals surface area contributed by atoms with E-state index in [1.54, 1.807) is 18.2 Å². The van der Waals surface area contributed by atoms with Crippen LogP contribution in [0.1, 0.15) is 11.1 Å². The zero-order valence-electron chi connectivity index (χ0n) is 10.4. The van der Waals surface area contributed by atoms with Gasteiger partial charge in [-0.15, -0.1) is 0 Å². The van der Waals surface area contributed by atoms with Crippen molar-refractivity contribution in [3.8, 4) is 0 Å². The number of nitrogens with one attached hydrogen (secondary N) is 1. The second kappa shape index (κ2) is 5.71. The molecule has 0 atom stereocenters. The molecule has 0 heterocycles. The molecular weight excluding hydrogens is 264 g/mol. The van der Waals surface area contributed by atoms with Crippen molar-refractivity contribution in [2.45, 2.75) is 13.5 Å². The summed E-state index contributed by atoms with van der Waals surface area (Å²) in [5.41, 5.74) is 2.58. The lowest BCUT2D eigenvalue weighted by atomic mass is 10.1. The quantitative estimate of drug-likeness (QED) is 0.673. The SMILES string of the molecule is Cc1ccc(NCc2ccccc2[N+](=O)[O-])c(Cl)c1. The van der Waals surface area contributed by atoms with E-state index in [4.69, 9.17) is 11.6 Å². The Balaban J connectivity index is 2.17. The smallest absolute Gasteiger partial charge is 0.274 e. The first-order chi connectivity index (χ1) is 9.08. The van der Waals surface area contributed by atoms with Crippen LogP contribution in [0.3, 0.4) is 0 Å². The Kier molecular flexibility index (Phi) is 4.02. The van der Waals surface area contributed by atoms with Gasteiger partial charge in [0.1, 0.15) is 0 Å². The minimum atomic E-state index is -0.381. The number of rotatable bonds is 4. The van der Waals surface area contributed by atoms with Crippen molar-refractivity contribution in [2.75, 3.05) is 5.32 Å². The van der Waals surface area contributed by atoms with E-state index in [0.29, 0.717) is 17.1 Å². The molecule has 1 N–H and O–H groups in total. The third-order valence-electron chi connectivity index (χ3n) is 2.78. The molecule has 4 nitrogen and oxygen atoms in total. The van der Waals surface area contributed by atoms with E-state index < -0.39 is 0 Å². The number of nitro groups is 1. The number of nitrogens with zero attached hydrogens (tertiary/aromatic N) is 1. The zero-order chi connectivity index (χ0) is 13.8. The van der Waals surface area contributed by atoms with Crippen molar-refractivity contribution in [1.29, 1.82) is 0 Å². The van der Waals surface area contributed by atoms with E-state index in [1.165, 1.54) is 6.07 Å². The summed E-state index contributed by atoms with van der Waals surface area (Å²) in [5.74, 6) is 0. The van der Waals surface area contributed by atoms with Crippen LogP contribution in [0.2, 0.25) is 5.02 Å². The highest BCUT2D eigenvalue weighted by molar-refractivity contribution is 6.33. The minimum Gasteiger partial charge on any atom is -0.379 e. The average molecular weight is 277 g/mol. The minimum absolute atomic E-state index is 0.109.